The number of rotatable bonds is 5. The van der Waals surface area contributed by atoms with Crippen molar-refractivity contribution in [1.82, 2.24) is 4.98 Å². The molecule has 0 N–H and O–H groups in total. The first-order valence-electron chi connectivity index (χ1n) is 8.47. The third kappa shape index (κ3) is 4.28. The number of carbonyl (C=O) groups is 2. The summed E-state index contributed by atoms with van der Waals surface area (Å²) in [4.78, 5) is 26.9. The molecule has 0 aliphatic heterocycles. The first-order chi connectivity index (χ1) is 11.7. The summed E-state index contributed by atoms with van der Waals surface area (Å²) < 4.78 is 5.44. The van der Waals surface area contributed by atoms with Crippen molar-refractivity contribution < 1.29 is 14.3 Å². The Labute approximate surface area is 141 Å². The molecule has 1 saturated carbocycles. The van der Waals surface area contributed by atoms with Crippen molar-refractivity contribution >= 4 is 12.3 Å². The molecule has 1 aliphatic carbocycles. The molecule has 1 aromatic carbocycles. The molecule has 0 bridgehead atoms. The van der Waals surface area contributed by atoms with E-state index in [0.717, 1.165) is 30.4 Å². The summed E-state index contributed by atoms with van der Waals surface area (Å²) >= 11 is 0. The maximum Gasteiger partial charge on any atom is 0.311 e. The summed E-state index contributed by atoms with van der Waals surface area (Å²) in [6.45, 7) is 0. The van der Waals surface area contributed by atoms with E-state index < -0.39 is 0 Å². The normalized spacial score (nSPS) is 15.0. The Morgan fingerprint density at radius 3 is 2.46 bits per heavy atom. The predicted octanol–water partition coefficient (Wildman–Crippen LogP) is 4.44. The predicted molar refractivity (Wildman–Crippen MR) is 91.9 cm³/mol. The zero-order valence-electron chi connectivity index (χ0n) is 13.6. The molecule has 4 nitrogen and oxygen atoms in total. The molecule has 3 rings (SSSR count). The van der Waals surface area contributed by atoms with Crippen molar-refractivity contribution in [1.29, 1.82) is 0 Å². The van der Waals surface area contributed by atoms with Crippen molar-refractivity contribution in [2.75, 3.05) is 0 Å². The van der Waals surface area contributed by atoms with Crippen molar-refractivity contribution in [3.8, 4) is 17.0 Å². The Hall–Kier alpha value is -2.49. The van der Waals surface area contributed by atoms with Crippen LogP contribution in [0.4, 0.5) is 0 Å². The van der Waals surface area contributed by atoms with Gasteiger partial charge in [-0.25, -0.2) is 0 Å². The molecule has 0 amide bonds. The van der Waals surface area contributed by atoms with Gasteiger partial charge in [-0.1, -0.05) is 19.3 Å². The molecule has 1 heterocycles. The minimum absolute atomic E-state index is 0.150. The van der Waals surface area contributed by atoms with Crippen LogP contribution in [0.2, 0.25) is 0 Å². The van der Waals surface area contributed by atoms with E-state index in [-0.39, 0.29) is 5.97 Å². The lowest BCUT2D eigenvalue weighted by atomic mass is 9.87. The van der Waals surface area contributed by atoms with Gasteiger partial charge in [0.25, 0.3) is 0 Å². The highest BCUT2D eigenvalue weighted by Crippen LogP contribution is 2.27. The van der Waals surface area contributed by atoms with E-state index in [0.29, 0.717) is 23.7 Å². The van der Waals surface area contributed by atoms with Crippen LogP contribution in [-0.2, 0) is 4.79 Å². The van der Waals surface area contributed by atoms with Gasteiger partial charge < -0.3 is 4.74 Å². The molecule has 0 unspecified atom stereocenters. The van der Waals surface area contributed by atoms with Crippen molar-refractivity contribution in [3.63, 3.8) is 0 Å². The lowest BCUT2D eigenvalue weighted by Crippen LogP contribution is -2.16. The highest BCUT2D eigenvalue weighted by atomic mass is 16.5. The van der Waals surface area contributed by atoms with Crippen molar-refractivity contribution in [3.05, 3.63) is 48.2 Å². The zero-order chi connectivity index (χ0) is 16.8. The van der Waals surface area contributed by atoms with E-state index in [2.05, 4.69) is 4.98 Å². The second kappa shape index (κ2) is 7.86. The van der Waals surface area contributed by atoms with Gasteiger partial charge in [0.2, 0.25) is 0 Å². The molecule has 4 heteroatoms. The van der Waals surface area contributed by atoms with E-state index in [9.17, 15) is 9.59 Å². The summed E-state index contributed by atoms with van der Waals surface area (Å²) in [5.41, 5.74) is 2.24. The molecule has 0 saturated heterocycles. The smallest absolute Gasteiger partial charge is 0.311 e. The van der Waals surface area contributed by atoms with Crippen molar-refractivity contribution in [2.45, 2.75) is 38.5 Å². The Morgan fingerprint density at radius 1 is 1.08 bits per heavy atom. The maximum atomic E-state index is 12.0. The Balaban J connectivity index is 1.59. The van der Waals surface area contributed by atoms with Crippen LogP contribution in [0.3, 0.4) is 0 Å². The number of hydrogen-bond donors (Lipinski definition) is 0. The SMILES string of the molecule is O=Cc1ccc(-c2ccc(OC(=O)CC3CCCCC3)cc2)nc1. The van der Waals surface area contributed by atoms with Crippen LogP contribution in [0.25, 0.3) is 11.3 Å². The minimum Gasteiger partial charge on any atom is -0.427 e. The van der Waals surface area contributed by atoms with Crippen LogP contribution in [0, 0.1) is 5.92 Å². The molecule has 1 fully saturated rings. The molecule has 1 aromatic heterocycles. The third-order valence-corrected chi connectivity index (χ3v) is 4.48. The van der Waals surface area contributed by atoms with Crippen LogP contribution in [0.1, 0.15) is 48.9 Å². The lowest BCUT2D eigenvalue weighted by molar-refractivity contribution is -0.135. The maximum absolute atomic E-state index is 12.0. The topological polar surface area (TPSA) is 56.3 Å². The second-order valence-electron chi connectivity index (χ2n) is 6.30. The average molecular weight is 323 g/mol. The van der Waals surface area contributed by atoms with Crippen LogP contribution in [0.5, 0.6) is 5.75 Å². The van der Waals surface area contributed by atoms with Gasteiger partial charge in [0.05, 0.1) is 5.69 Å². The second-order valence-corrected chi connectivity index (χ2v) is 6.30. The van der Waals surface area contributed by atoms with E-state index >= 15 is 0 Å². The number of benzene rings is 1. The molecule has 124 valence electrons. The number of aldehydes is 1. The van der Waals surface area contributed by atoms with Crippen LogP contribution in [0.15, 0.2) is 42.6 Å². The van der Waals surface area contributed by atoms with Gasteiger partial charge in [0, 0.05) is 23.7 Å². The third-order valence-electron chi connectivity index (χ3n) is 4.48. The van der Waals surface area contributed by atoms with Gasteiger partial charge >= 0.3 is 5.97 Å². The fourth-order valence-electron chi connectivity index (χ4n) is 3.14. The quantitative estimate of drug-likeness (QED) is 0.464. The number of ether oxygens (including phenoxy) is 1. The van der Waals surface area contributed by atoms with E-state index in [1.54, 1.807) is 30.5 Å². The van der Waals surface area contributed by atoms with Gasteiger partial charge in [-0.05, 0) is 55.2 Å². The van der Waals surface area contributed by atoms with Gasteiger partial charge in [-0.3, -0.25) is 14.6 Å². The molecule has 24 heavy (non-hydrogen) atoms. The molecule has 0 atom stereocenters. The Morgan fingerprint density at radius 2 is 1.83 bits per heavy atom. The summed E-state index contributed by atoms with van der Waals surface area (Å²) in [7, 11) is 0. The molecular formula is C20H21NO3. The number of carbonyl (C=O) groups excluding carboxylic acids is 2. The van der Waals surface area contributed by atoms with E-state index in [1.807, 2.05) is 12.1 Å². The van der Waals surface area contributed by atoms with Gasteiger partial charge in [0.15, 0.2) is 6.29 Å². The van der Waals surface area contributed by atoms with Gasteiger partial charge in [0.1, 0.15) is 5.75 Å². The number of hydrogen-bond acceptors (Lipinski definition) is 4. The summed E-state index contributed by atoms with van der Waals surface area (Å²) in [5.74, 6) is 0.887. The molecule has 0 radical (unpaired) electrons. The zero-order valence-corrected chi connectivity index (χ0v) is 13.6. The average Bonchev–Trinajstić information content (AvgIpc) is 2.63. The van der Waals surface area contributed by atoms with E-state index in [4.69, 9.17) is 4.74 Å². The summed E-state index contributed by atoms with van der Waals surface area (Å²) in [6, 6.07) is 10.8. The fraction of sp³-hybridized carbons (Fsp3) is 0.350. The fourth-order valence-corrected chi connectivity index (χ4v) is 3.14. The first kappa shape index (κ1) is 16.4. The molecule has 2 aromatic rings. The summed E-state index contributed by atoms with van der Waals surface area (Å²) in [6.07, 6.45) is 8.83. The molecule has 1 aliphatic rings. The van der Waals surface area contributed by atoms with Crippen LogP contribution in [-0.4, -0.2) is 17.2 Å². The van der Waals surface area contributed by atoms with Crippen LogP contribution < -0.4 is 4.74 Å². The number of pyridine rings is 1. The number of aromatic nitrogens is 1. The molecular weight excluding hydrogens is 302 g/mol. The number of esters is 1. The minimum atomic E-state index is -0.150. The highest BCUT2D eigenvalue weighted by molar-refractivity contribution is 5.75. The van der Waals surface area contributed by atoms with Gasteiger partial charge in [-0.2, -0.15) is 0 Å². The lowest BCUT2D eigenvalue weighted by Gasteiger charge is -2.20. The Kier molecular flexibility index (Phi) is 5.36. The molecule has 0 spiro atoms. The standard InChI is InChI=1S/C20H21NO3/c22-14-16-6-11-19(21-13-16)17-7-9-18(10-8-17)24-20(23)12-15-4-2-1-3-5-15/h6-11,13-15H,1-5,12H2. The van der Waals surface area contributed by atoms with Crippen molar-refractivity contribution in [2.24, 2.45) is 5.92 Å². The number of nitrogens with zero attached hydrogens (tertiary/aromatic N) is 1. The van der Waals surface area contributed by atoms with E-state index in [1.165, 1.54) is 19.3 Å². The van der Waals surface area contributed by atoms with Crippen LogP contribution >= 0.6 is 0 Å². The van der Waals surface area contributed by atoms with Gasteiger partial charge in [-0.15, -0.1) is 0 Å². The largest absolute Gasteiger partial charge is 0.427 e. The monoisotopic (exact) mass is 323 g/mol. The summed E-state index contributed by atoms with van der Waals surface area (Å²) in [5, 5.41) is 0. The highest BCUT2D eigenvalue weighted by Gasteiger charge is 2.18. The Bertz CT molecular complexity index is 686. The first-order valence-corrected chi connectivity index (χ1v) is 8.47.